The van der Waals surface area contributed by atoms with E-state index in [2.05, 4.69) is 34.6 Å². The normalized spacial score (nSPS) is 9.95. The fourth-order valence-corrected chi connectivity index (χ4v) is 1.69. The quantitative estimate of drug-likeness (QED) is 0.391. The first-order valence-corrected chi connectivity index (χ1v) is 9.22. The zero-order valence-electron chi connectivity index (χ0n) is 15.9. The molecule has 0 nitrogen and oxygen atoms in total. The molecule has 1 unspecified atom stereocenters. The maximum Gasteiger partial charge on any atom is -0.0443 e. The molecule has 0 heteroatoms. The van der Waals surface area contributed by atoms with Gasteiger partial charge in [0.2, 0.25) is 0 Å². The largest absolute Gasteiger partial charge is 0.0683 e. The molecule has 0 aromatic carbocycles. The van der Waals surface area contributed by atoms with Gasteiger partial charge in [0.25, 0.3) is 0 Å². The van der Waals surface area contributed by atoms with E-state index in [1.54, 1.807) is 0 Å². The van der Waals surface area contributed by atoms with Crippen LogP contribution in [0.15, 0.2) is 0 Å². The van der Waals surface area contributed by atoms with Gasteiger partial charge in [-0.2, -0.15) is 0 Å². The van der Waals surface area contributed by atoms with Crippen molar-refractivity contribution in [1.29, 1.82) is 0 Å². The van der Waals surface area contributed by atoms with Crippen LogP contribution in [0.5, 0.6) is 0 Å². The summed E-state index contributed by atoms with van der Waals surface area (Å²) in [7, 11) is 0. The third kappa shape index (κ3) is 46.1. The van der Waals surface area contributed by atoms with Gasteiger partial charge in [0.1, 0.15) is 0 Å². The van der Waals surface area contributed by atoms with Crippen molar-refractivity contribution >= 4 is 0 Å². The van der Waals surface area contributed by atoms with Gasteiger partial charge in [0, 0.05) is 0 Å². The summed E-state index contributed by atoms with van der Waals surface area (Å²) < 4.78 is 0. The van der Waals surface area contributed by atoms with E-state index in [1.165, 1.54) is 57.8 Å². The van der Waals surface area contributed by atoms with Crippen molar-refractivity contribution in [3.63, 3.8) is 0 Å². The molecule has 0 aliphatic heterocycles. The first kappa shape index (κ1) is 27.4. The summed E-state index contributed by atoms with van der Waals surface area (Å²) in [4.78, 5) is 0. The van der Waals surface area contributed by atoms with E-state index in [9.17, 15) is 0 Å². The molecule has 0 aromatic rings. The van der Waals surface area contributed by atoms with Crippen LogP contribution in [0, 0.1) is 5.92 Å². The second kappa shape index (κ2) is 36.1. The van der Waals surface area contributed by atoms with Gasteiger partial charge >= 0.3 is 0 Å². The second-order valence-electron chi connectivity index (χ2n) is 4.74. The third-order valence-corrected chi connectivity index (χ3v) is 2.79. The summed E-state index contributed by atoms with van der Waals surface area (Å²) >= 11 is 0. The van der Waals surface area contributed by atoms with Crippen LogP contribution in [0.2, 0.25) is 0 Å². The Balaban J connectivity index is -0.0000000977. The molecule has 0 aliphatic rings. The van der Waals surface area contributed by atoms with Gasteiger partial charge in [-0.15, -0.1) is 0 Å². The number of unbranched alkanes of at least 4 members (excludes halogenated alkanes) is 4. The van der Waals surface area contributed by atoms with Crippen LogP contribution >= 0.6 is 0 Å². The zero-order valence-corrected chi connectivity index (χ0v) is 15.9. The molecular weight excluding hydrogens is 228 g/mol. The van der Waals surface area contributed by atoms with Gasteiger partial charge < -0.3 is 0 Å². The van der Waals surface area contributed by atoms with E-state index in [4.69, 9.17) is 0 Å². The first-order valence-electron chi connectivity index (χ1n) is 9.22. The Kier molecular flexibility index (Phi) is 52.0. The molecule has 0 saturated carbocycles. The van der Waals surface area contributed by atoms with Crippen LogP contribution in [0.25, 0.3) is 0 Å². The molecule has 0 saturated heterocycles. The smallest absolute Gasteiger partial charge is 0.0443 e. The molecule has 0 bridgehead atoms. The first-order chi connectivity index (χ1) is 9.22. The maximum atomic E-state index is 2.36. The standard InChI is InChI=1S/C9H20.C6H14.2C2H6/c1-4-6-8-9(3)7-5-2;1-3-5-6-4-2;2*1-2/h9H,4-8H2,1-3H3;3-6H2,1-2H3;2*1-2H3. The van der Waals surface area contributed by atoms with E-state index in [-0.39, 0.29) is 0 Å². The highest BCUT2D eigenvalue weighted by atomic mass is 14.0. The molecule has 0 aromatic heterocycles. The lowest BCUT2D eigenvalue weighted by Crippen LogP contribution is -1.92. The lowest BCUT2D eigenvalue weighted by Gasteiger charge is -2.07. The van der Waals surface area contributed by atoms with Gasteiger partial charge in [0.15, 0.2) is 0 Å². The van der Waals surface area contributed by atoms with Gasteiger partial charge in [-0.1, -0.05) is 120 Å². The highest BCUT2D eigenvalue weighted by molar-refractivity contribution is 4.50. The molecule has 0 heterocycles. The lowest BCUT2D eigenvalue weighted by atomic mass is 10.00. The molecule has 0 radical (unpaired) electrons. The average Bonchev–Trinajstić information content (AvgIpc) is 2.48. The minimum atomic E-state index is 0.968. The van der Waals surface area contributed by atoms with Crippen LogP contribution in [-0.2, 0) is 0 Å². The lowest BCUT2D eigenvalue weighted by molar-refractivity contribution is 0.466. The third-order valence-electron chi connectivity index (χ3n) is 2.79. The monoisotopic (exact) mass is 274 g/mol. The Hall–Kier alpha value is 0. The van der Waals surface area contributed by atoms with Crippen LogP contribution in [0.4, 0.5) is 0 Å². The SMILES string of the molecule is CC.CC.CCCCC(C)CCC.CCCCCC. The van der Waals surface area contributed by atoms with E-state index >= 15 is 0 Å². The maximum absolute atomic E-state index is 2.36. The average molecular weight is 275 g/mol. The van der Waals surface area contributed by atoms with Gasteiger partial charge in [-0.05, 0) is 5.92 Å². The molecule has 1 atom stereocenters. The molecule has 122 valence electrons. The van der Waals surface area contributed by atoms with E-state index in [0.717, 1.165) is 5.92 Å². The van der Waals surface area contributed by atoms with Crippen molar-refractivity contribution in [3.05, 3.63) is 0 Å². The van der Waals surface area contributed by atoms with E-state index < -0.39 is 0 Å². The van der Waals surface area contributed by atoms with Crippen molar-refractivity contribution < 1.29 is 0 Å². The van der Waals surface area contributed by atoms with Crippen LogP contribution < -0.4 is 0 Å². The Labute approximate surface area is 126 Å². The van der Waals surface area contributed by atoms with Gasteiger partial charge in [-0.25, -0.2) is 0 Å². The van der Waals surface area contributed by atoms with Crippen molar-refractivity contribution in [1.82, 2.24) is 0 Å². The van der Waals surface area contributed by atoms with E-state index in [0.29, 0.717) is 0 Å². The predicted octanol–water partition coefficient (Wildman–Crippen LogP) is 8.25. The number of hydrogen-bond donors (Lipinski definition) is 0. The van der Waals surface area contributed by atoms with Crippen LogP contribution in [0.3, 0.4) is 0 Å². The molecule has 0 spiro atoms. The summed E-state index contributed by atoms with van der Waals surface area (Å²) in [5.74, 6) is 0.968. The van der Waals surface area contributed by atoms with Crippen molar-refractivity contribution in [3.8, 4) is 0 Å². The summed E-state index contributed by atoms with van der Waals surface area (Å²) in [6.07, 6.45) is 12.5. The van der Waals surface area contributed by atoms with Crippen molar-refractivity contribution in [2.45, 2.75) is 120 Å². The van der Waals surface area contributed by atoms with Crippen LogP contribution in [0.1, 0.15) is 120 Å². The summed E-state index contributed by atoms with van der Waals surface area (Å²) in [5.41, 5.74) is 0. The van der Waals surface area contributed by atoms with Gasteiger partial charge in [0.05, 0.1) is 0 Å². The summed E-state index contributed by atoms with van der Waals surface area (Å²) in [6, 6.07) is 0. The highest BCUT2D eigenvalue weighted by Gasteiger charge is 1.97. The summed E-state index contributed by atoms with van der Waals surface area (Å²) in [6.45, 7) is 19.4. The molecule has 19 heavy (non-hydrogen) atoms. The number of rotatable bonds is 8. The fraction of sp³-hybridized carbons (Fsp3) is 1.00. The Morgan fingerprint density at radius 3 is 1.16 bits per heavy atom. The van der Waals surface area contributed by atoms with Crippen LogP contribution in [-0.4, -0.2) is 0 Å². The van der Waals surface area contributed by atoms with Crippen molar-refractivity contribution in [2.24, 2.45) is 5.92 Å². The van der Waals surface area contributed by atoms with Crippen molar-refractivity contribution in [2.75, 3.05) is 0 Å². The second-order valence-corrected chi connectivity index (χ2v) is 4.74. The Bertz CT molecular complexity index is 82.0. The minimum absolute atomic E-state index is 0.968. The molecule has 0 amide bonds. The van der Waals surface area contributed by atoms with E-state index in [1.807, 2.05) is 27.7 Å². The predicted molar refractivity (Wildman–Crippen MR) is 96.1 cm³/mol. The Morgan fingerprint density at radius 1 is 0.526 bits per heavy atom. The molecular formula is C19H46. The highest BCUT2D eigenvalue weighted by Crippen LogP contribution is 2.12. The molecule has 0 fully saturated rings. The zero-order chi connectivity index (χ0) is 15.9. The minimum Gasteiger partial charge on any atom is -0.0683 e. The number of hydrogen-bond acceptors (Lipinski definition) is 0. The van der Waals surface area contributed by atoms with Gasteiger partial charge in [-0.3, -0.25) is 0 Å². The topological polar surface area (TPSA) is 0 Å². The summed E-state index contributed by atoms with van der Waals surface area (Å²) in [5, 5.41) is 0. The molecule has 0 aliphatic carbocycles. The Morgan fingerprint density at radius 2 is 0.895 bits per heavy atom. The molecule has 0 rings (SSSR count). The fourth-order valence-electron chi connectivity index (χ4n) is 1.69. The molecule has 0 N–H and O–H groups in total.